The lowest BCUT2D eigenvalue weighted by atomic mass is 10.1. The number of nitriles is 1. The Labute approximate surface area is 158 Å². The van der Waals surface area contributed by atoms with Crippen molar-refractivity contribution >= 4 is 12.0 Å². The van der Waals surface area contributed by atoms with Crippen LogP contribution < -0.4 is 0 Å². The number of hydrogen-bond acceptors (Lipinski definition) is 4. The summed E-state index contributed by atoms with van der Waals surface area (Å²) in [5, 5.41) is 13.6. The first-order valence-electron chi connectivity index (χ1n) is 8.54. The molecule has 3 aromatic rings. The van der Waals surface area contributed by atoms with Crippen molar-refractivity contribution in [1.29, 1.82) is 5.26 Å². The van der Waals surface area contributed by atoms with Crippen LogP contribution >= 0.6 is 0 Å². The molecule has 0 saturated carbocycles. The fourth-order valence-corrected chi connectivity index (χ4v) is 2.82. The molecule has 5 nitrogen and oxygen atoms in total. The smallest absolute Gasteiger partial charge is 0.331 e. The Morgan fingerprint density at radius 3 is 2.59 bits per heavy atom. The Kier molecular flexibility index (Phi) is 5.48. The molecular formula is C22H19N3O2. The van der Waals surface area contributed by atoms with E-state index in [-0.39, 0.29) is 6.61 Å². The predicted molar refractivity (Wildman–Crippen MR) is 103 cm³/mol. The van der Waals surface area contributed by atoms with Crippen molar-refractivity contribution in [2.45, 2.75) is 20.5 Å². The fourth-order valence-electron chi connectivity index (χ4n) is 2.82. The van der Waals surface area contributed by atoms with Crippen LogP contribution in [0.25, 0.3) is 11.8 Å². The lowest BCUT2D eigenvalue weighted by Crippen LogP contribution is -2.02. The van der Waals surface area contributed by atoms with Gasteiger partial charge in [0.05, 0.1) is 23.0 Å². The molecule has 0 fully saturated rings. The number of hydrogen-bond donors (Lipinski definition) is 0. The number of carbonyl (C=O) groups excluding carboxylic acids is 1. The van der Waals surface area contributed by atoms with Crippen molar-refractivity contribution in [3.8, 4) is 11.8 Å². The standard InChI is InChI=1S/C22H19N3O2/c1-16-21(17(2)25(24-16)20-10-4-3-5-11-20)12-13-22(26)27-15-19-9-7-6-8-18(19)14-23/h3-13H,15H2,1-2H3/b13-12+. The van der Waals surface area contributed by atoms with Gasteiger partial charge in [-0.2, -0.15) is 10.4 Å². The van der Waals surface area contributed by atoms with E-state index in [4.69, 9.17) is 10.00 Å². The minimum Gasteiger partial charge on any atom is -0.458 e. The number of aromatic nitrogens is 2. The molecule has 2 aromatic carbocycles. The van der Waals surface area contributed by atoms with E-state index >= 15 is 0 Å². The molecule has 0 aliphatic rings. The lowest BCUT2D eigenvalue weighted by Gasteiger charge is -2.04. The zero-order valence-corrected chi connectivity index (χ0v) is 15.2. The van der Waals surface area contributed by atoms with Gasteiger partial charge in [0, 0.05) is 22.9 Å². The zero-order chi connectivity index (χ0) is 19.2. The molecule has 1 aromatic heterocycles. The average Bonchev–Trinajstić information content (AvgIpc) is 2.99. The highest BCUT2D eigenvalue weighted by Gasteiger charge is 2.11. The molecule has 0 unspecified atom stereocenters. The summed E-state index contributed by atoms with van der Waals surface area (Å²) >= 11 is 0. The normalized spacial score (nSPS) is 10.7. The molecule has 0 atom stereocenters. The summed E-state index contributed by atoms with van der Waals surface area (Å²) in [4.78, 5) is 12.1. The van der Waals surface area contributed by atoms with Crippen LogP contribution in [0.15, 0.2) is 60.7 Å². The number of esters is 1. The summed E-state index contributed by atoms with van der Waals surface area (Å²) in [7, 11) is 0. The topological polar surface area (TPSA) is 67.9 Å². The van der Waals surface area contributed by atoms with Crippen molar-refractivity contribution in [2.24, 2.45) is 0 Å². The van der Waals surface area contributed by atoms with Crippen LogP contribution in [-0.4, -0.2) is 15.7 Å². The van der Waals surface area contributed by atoms with Crippen LogP contribution in [0.2, 0.25) is 0 Å². The highest BCUT2D eigenvalue weighted by Crippen LogP contribution is 2.19. The fraction of sp³-hybridized carbons (Fsp3) is 0.136. The Morgan fingerprint density at radius 2 is 1.85 bits per heavy atom. The summed E-state index contributed by atoms with van der Waals surface area (Å²) in [5.74, 6) is -0.464. The SMILES string of the molecule is Cc1nn(-c2ccccc2)c(C)c1/C=C/C(=O)OCc1ccccc1C#N. The van der Waals surface area contributed by atoms with Crippen molar-refractivity contribution in [1.82, 2.24) is 9.78 Å². The molecule has 5 heteroatoms. The summed E-state index contributed by atoms with van der Waals surface area (Å²) in [5.41, 5.74) is 4.81. The molecule has 134 valence electrons. The molecule has 0 radical (unpaired) electrons. The Balaban J connectivity index is 1.72. The molecule has 0 aliphatic heterocycles. The van der Waals surface area contributed by atoms with Gasteiger partial charge in [-0.3, -0.25) is 0 Å². The molecule has 27 heavy (non-hydrogen) atoms. The van der Waals surface area contributed by atoms with Crippen LogP contribution in [0, 0.1) is 25.2 Å². The first kappa shape index (κ1) is 18.2. The third-order valence-corrected chi connectivity index (χ3v) is 4.24. The van der Waals surface area contributed by atoms with E-state index < -0.39 is 5.97 Å². The van der Waals surface area contributed by atoms with Crippen molar-refractivity contribution in [3.05, 3.63) is 88.8 Å². The summed E-state index contributed by atoms with van der Waals surface area (Å²) < 4.78 is 7.11. The van der Waals surface area contributed by atoms with Gasteiger partial charge in [0.25, 0.3) is 0 Å². The maximum atomic E-state index is 12.1. The second kappa shape index (κ2) is 8.15. The van der Waals surface area contributed by atoms with E-state index in [1.54, 1.807) is 24.3 Å². The van der Waals surface area contributed by atoms with Gasteiger partial charge in [0.1, 0.15) is 6.61 Å². The molecule has 0 saturated heterocycles. The Bertz CT molecular complexity index is 1030. The number of rotatable bonds is 5. The Hall–Kier alpha value is -3.65. The number of benzene rings is 2. The van der Waals surface area contributed by atoms with Gasteiger partial charge in [0.2, 0.25) is 0 Å². The lowest BCUT2D eigenvalue weighted by molar-refractivity contribution is -0.138. The number of para-hydroxylation sites is 1. The predicted octanol–water partition coefficient (Wildman–Crippen LogP) is 4.12. The Morgan fingerprint density at radius 1 is 1.15 bits per heavy atom. The molecule has 0 aliphatic carbocycles. The summed E-state index contributed by atoms with van der Waals surface area (Å²) in [6, 6.07) is 19.0. The van der Waals surface area contributed by atoms with Gasteiger partial charge in [-0.15, -0.1) is 0 Å². The van der Waals surface area contributed by atoms with Gasteiger partial charge < -0.3 is 4.74 Å². The summed E-state index contributed by atoms with van der Waals surface area (Å²) in [6.07, 6.45) is 3.11. The number of nitrogens with zero attached hydrogens (tertiary/aromatic N) is 3. The number of carbonyl (C=O) groups is 1. The molecule has 0 amide bonds. The van der Waals surface area contributed by atoms with Crippen LogP contribution in [0.4, 0.5) is 0 Å². The van der Waals surface area contributed by atoms with E-state index in [1.165, 1.54) is 6.08 Å². The minimum atomic E-state index is -0.464. The average molecular weight is 357 g/mol. The van der Waals surface area contributed by atoms with Gasteiger partial charge >= 0.3 is 5.97 Å². The minimum absolute atomic E-state index is 0.0636. The first-order chi connectivity index (χ1) is 13.1. The maximum Gasteiger partial charge on any atom is 0.331 e. The quantitative estimate of drug-likeness (QED) is 0.509. The second-order valence-corrected chi connectivity index (χ2v) is 6.04. The van der Waals surface area contributed by atoms with Gasteiger partial charge in [0.15, 0.2) is 0 Å². The molecular weight excluding hydrogens is 338 g/mol. The van der Waals surface area contributed by atoms with Crippen LogP contribution in [0.5, 0.6) is 0 Å². The first-order valence-corrected chi connectivity index (χ1v) is 8.54. The zero-order valence-electron chi connectivity index (χ0n) is 15.2. The molecule has 0 N–H and O–H groups in total. The van der Waals surface area contributed by atoms with E-state index in [2.05, 4.69) is 11.2 Å². The van der Waals surface area contributed by atoms with E-state index in [0.29, 0.717) is 11.1 Å². The largest absolute Gasteiger partial charge is 0.458 e. The van der Waals surface area contributed by atoms with Crippen LogP contribution in [0.1, 0.15) is 28.1 Å². The van der Waals surface area contributed by atoms with E-state index in [9.17, 15) is 4.79 Å². The molecule has 1 heterocycles. The molecule has 0 spiro atoms. The monoisotopic (exact) mass is 357 g/mol. The van der Waals surface area contributed by atoms with Crippen LogP contribution in [0.3, 0.4) is 0 Å². The number of ether oxygens (including phenoxy) is 1. The van der Waals surface area contributed by atoms with Gasteiger partial charge in [-0.1, -0.05) is 36.4 Å². The maximum absolute atomic E-state index is 12.1. The van der Waals surface area contributed by atoms with E-state index in [1.807, 2.05) is 54.9 Å². The van der Waals surface area contributed by atoms with Crippen molar-refractivity contribution < 1.29 is 9.53 Å². The second-order valence-electron chi connectivity index (χ2n) is 6.04. The molecule has 3 rings (SSSR count). The van der Waals surface area contributed by atoms with E-state index in [0.717, 1.165) is 22.6 Å². The highest BCUT2D eigenvalue weighted by atomic mass is 16.5. The van der Waals surface area contributed by atoms with Crippen molar-refractivity contribution in [3.63, 3.8) is 0 Å². The third kappa shape index (κ3) is 4.13. The highest BCUT2D eigenvalue weighted by molar-refractivity contribution is 5.87. The molecule has 0 bridgehead atoms. The summed E-state index contributed by atoms with van der Waals surface area (Å²) in [6.45, 7) is 3.93. The van der Waals surface area contributed by atoms with Gasteiger partial charge in [-0.05, 0) is 38.1 Å². The van der Waals surface area contributed by atoms with Crippen molar-refractivity contribution in [2.75, 3.05) is 0 Å². The number of aryl methyl sites for hydroxylation is 1. The van der Waals surface area contributed by atoms with Crippen LogP contribution in [-0.2, 0) is 16.1 Å². The van der Waals surface area contributed by atoms with Gasteiger partial charge in [-0.25, -0.2) is 9.48 Å². The third-order valence-electron chi connectivity index (χ3n) is 4.24.